The Kier molecular flexibility index (Phi) is 5.24. The highest BCUT2D eigenvalue weighted by Gasteiger charge is 2.25. The first-order chi connectivity index (χ1) is 8.56. The molecular formula is C15H28BrN3. The van der Waals surface area contributed by atoms with Gasteiger partial charge < -0.3 is 5.32 Å². The van der Waals surface area contributed by atoms with E-state index in [4.69, 9.17) is 0 Å². The third kappa shape index (κ3) is 4.92. The molecule has 0 amide bonds. The lowest BCUT2D eigenvalue weighted by Crippen LogP contribution is -2.42. The van der Waals surface area contributed by atoms with E-state index in [9.17, 15) is 0 Å². The van der Waals surface area contributed by atoms with E-state index >= 15 is 0 Å². The van der Waals surface area contributed by atoms with Gasteiger partial charge in [0.25, 0.3) is 0 Å². The third-order valence-corrected chi connectivity index (χ3v) is 4.19. The molecule has 19 heavy (non-hydrogen) atoms. The van der Waals surface area contributed by atoms with Crippen molar-refractivity contribution in [1.29, 1.82) is 0 Å². The molecule has 0 saturated heterocycles. The van der Waals surface area contributed by atoms with Crippen molar-refractivity contribution in [3.63, 3.8) is 0 Å². The first-order valence-corrected chi connectivity index (χ1v) is 7.82. The zero-order chi connectivity index (χ0) is 14.8. The SMILES string of the molecule is CCn1nc(C)c(Br)c1CNC(C)(C)CC(C)(C)C. The van der Waals surface area contributed by atoms with Crippen molar-refractivity contribution in [2.75, 3.05) is 0 Å². The summed E-state index contributed by atoms with van der Waals surface area (Å²) in [4.78, 5) is 0. The van der Waals surface area contributed by atoms with Crippen LogP contribution in [-0.4, -0.2) is 15.3 Å². The van der Waals surface area contributed by atoms with E-state index in [0.29, 0.717) is 5.41 Å². The zero-order valence-electron chi connectivity index (χ0n) is 13.4. The van der Waals surface area contributed by atoms with Gasteiger partial charge in [-0.25, -0.2) is 0 Å². The highest BCUT2D eigenvalue weighted by atomic mass is 79.9. The van der Waals surface area contributed by atoms with Gasteiger partial charge in [0, 0.05) is 18.6 Å². The number of aryl methyl sites for hydroxylation is 2. The quantitative estimate of drug-likeness (QED) is 0.873. The summed E-state index contributed by atoms with van der Waals surface area (Å²) in [5.74, 6) is 0. The normalized spacial score (nSPS) is 13.1. The lowest BCUT2D eigenvalue weighted by molar-refractivity contribution is 0.239. The van der Waals surface area contributed by atoms with Crippen molar-refractivity contribution in [2.24, 2.45) is 5.41 Å². The molecule has 0 radical (unpaired) electrons. The number of hydrogen-bond acceptors (Lipinski definition) is 2. The van der Waals surface area contributed by atoms with Gasteiger partial charge in [0.15, 0.2) is 0 Å². The Morgan fingerprint density at radius 3 is 2.26 bits per heavy atom. The molecule has 1 heterocycles. The predicted molar refractivity (Wildman–Crippen MR) is 85.3 cm³/mol. The minimum absolute atomic E-state index is 0.119. The highest BCUT2D eigenvalue weighted by molar-refractivity contribution is 9.10. The average Bonchev–Trinajstić information content (AvgIpc) is 2.49. The molecule has 1 rings (SSSR count). The molecule has 3 nitrogen and oxygen atoms in total. The molecule has 0 spiro atoms. The fraction of sp³-hybridized carbons (Fsp3) is 0.800. The summed E-state index contributed by atoms with van der Waals surface area (Å²) in [5.41, 5.74) is 2.75. The largest absolute Gasteiger partial charge is 0.306 e. The first kappa shape index (κ1) is 16.7. The van der Waals surface area contributed by atoms with Crippen LogP contribution in [0.1, 0.15) is 59.4 Å². The lowest BCUT2D eigenvalue weighted by atomic mass is 9.82. The van der Waals surface area contributed by atoms with Gasteiger partial charge in [-0.1, -0.05) is 20.8 Å². The van der Waals surface area contributed by atoms with Crippen molar-refractivity contribution in [1.82, 2.24) is 15.1 Å². The molecule has 1 aromatic heterocycles. The van der Waals surface area contributed by atoms with Crippen LogP contribution in [-0.2, 0) is 13.1 Å². The Balaban J connectivity index is 2.76. The van der Waals surface area contributed by atoms with Gasteiger partial charge in [0.05, 0.1) is 15.9 Å². The molecule has 1 aromatic rings. The van der Waals surface area contributed by atoms with Crippen molar-refractivity contribution >= 4 is 15.9 Å². The number of hydrogen-bond donors (Lipinski definition) is 1. The topological polar surface area (TPSA) is 29.9 Å². The molecule has 0 atom stereocenters. The number of rotatable bonds is 5. The lowest BCUT2D eigenvalue weighted by Gasteiger charge is -2.33. The third-order valence-electron chi connectivity index (χ3n) is 3.16. The molecule has 0 bridgehead atoms. The van der Waals surface area contributed by atoms with E-state index in [1.807, 2.05) is 6.92 Å². The number of nitrogens with one attached hydrogen (secondary N) is 1. The van der Waals surface area contributed by atoms with E-state index in [2.05, 4.69) is 72.6 Å². The van der Waals surface area contributed by atoms with Crippen LogP contribution in [0.25, 0.3) is 0 Å². The number of halogens is 1. The van der Waals surface area contributed by atoms with Crippen LogP contribution in [0, 0.1) is 12.3 Å². The summed E-state index contributed by atoms with van der Waals surface area (Å²) < 4.78 is 3.20. The van der Waals surface area contributed by atoms with Crippen LogP contribution in [0.3, 0.4) is 0 Å². The van der Waals surface area contributed by atoms with Crippen LogP contribution in [0.4, 0.5) is 0 Å². The number of aromatic nitrogens is 2. The van der Waals surface area contributed by atoms with E-state index in [1.54, 1.807) is 0 Å². The van der Waals surface area contributed by atoms with Crippen LogP contribution >= 0.6 is 15.9 Å². The fourth-order valence-electron chi connectivity index (χ4n) is 2.75. The zero-order valence-corrected chi connectivity index (χ0v) is 15.0. The molecule has 0 saturated carbocycles. The minimum atomic E-state index is 0.119. The van der Waals surface area contributed by atoms with Crippen LogP contribution < -0.4 is 5.32 Å². The van der Waals surface area contributed by atoms with E-state index < -0.39 is 0 Å². The van der Waals surface area contributed by atoms with Crippen LogP contribution in [0.2, 0.25) is 0 Å². The molecule has 0 aliphatic heterocycles. The van der Waals surface area contributed by atoms with Gasteiger partial charge in [-0.05, 0) is 55.5 Å². The summed E-state index contributed by atoms with van der Waals surface area (Å²) in [5, 5.41) is 8.20. The average molecular weight is 330 g/mol. The second-order valence-electron chi connectivity index (χ2n) is 7.14. The van der Waals surface area contributed by atoms with Crippen molar-refractivity contribution in [3.8, 4) is 0 Å². The maximum Gasteiger partial charge on any atom is 0.0739 e. The molecule has 0 fully saturated rings. The van der Waals surface area contributed by atoms with Gasteiger partial charge in [-0.2, -0.15) is 5.10 Å². The van der Waals surface area contributed by atoms with E-state index in [1.165, 1.54) is 5.69 Å². The molecule has 4 heteroatoms. The molecule has 0 aromatic carbocycles. The molecule has 1 N–H and O–H groups in total. The monoisotopic (exact) mass is 329 g/mol. The maximum absolute atomic E-state index is 4.53. The molecular weight excluding hydrogens is 302 g/mol. The first-order valence-electron chi connectivity index (χ1n) is 7.02. The minimum Gasteiger partial charge on any atom is -0.306 e. The number of nitrogens with zero attached hydrogens (tertiary/aromatic N) is 2. The van der Waals surface area contributed by atoms with Crippen LogP contribution in [0.15, 0.2) is 4.47 Å². The Morgan fingerprint density at radius 2 is 1.79 bits per heavy atom. The second kappa shape index (κ2) is 5.96. The van der Waals surface area contributed by atoms with Crippen molar-refractivity contribution in [2.45, 2.75) is 73.5 Å². The summed E-state index contributed by atoms with van der Waals surface area (Å²) in [6.07, 6.45) is 1.14. The summed E-state index contributed by atoms with van der Waals surface area (Å²) in [7, 11) is 0. The van der Waals surface area contributed by atoms with E-state index in [-0.39, 0.29) is 5.54 Å². The molecule has 110 valence electrons. The molecule has 0 aliphatic rings. The summed E-state index contributed by atoms with van der Waals surface area (Å²) >= 11 is 3.65. The highest BCUT2D eigenvalue weighted by Crippen LogP contribution is 2.28. The smallest absolute Gasteiger partial charge is 0.0739 e. The molecule has 0 unspecified atom stereocenters. The Bertz CT molecular complexity index is 427. The van der Waals surface area contributed by atoms with E-state index in [0.717, 1.165) is 29.7 Å². The fourth-order valence-corrected chi connectivity index (χ4v) is 3.17. The van der Waals surface area contributed by atoms with Gasteiger partial charge in [-0.15, -0.1) is 0 Å². The van der Waals surface area contributed by atoms with Gasteiger partial charge in [0.2, 0.25) is 0 Å². The van der Waals surface area contributed by atoms with Gasteiger partial charge >= 0.3 is 0 Å². The second-order valence-corrected chi connectivity index (χ2v) is 7.93. The molecule has 0 aliphatic carbocycles. The Morgan fingerprint density at radius 1 is 1.21 bits per heavy atom. The van der Waals surface area contributed by atoms with Crippen molar-refractivity contribution in [3.05, 3.63) is 15.9 Å². The van der Waals surface area contributed by atoms with Gasteiger partial charge in [0.1, 0.15) is 0 Å². The maximum atomic E-state index is 4.53. The Labute approximate surface area is 126 Å². The summed E-state index contributed by atoms with van der Waals surface area (Å²) in [6.45, 7) is 17.3. The standard InChI is InChI=1S/C15H28BrN3/c1-8-19-12(13(16)11(2)18-19)9-17-15(6,7)10-14(3,4)5/h17H,8-10H2,1-7H3. The Hall–Kier alpha value is -0.350. The van der Waals surface area contributed by atoms with Crippen molar-refractivity contribution < 1.29 is 0 Å². The predicted octanol–water partition coefficient (Wildman–Crippen LogP) is 4.28. The van der Waals surface area contributed by atoms with Crippen LogP contribution in [0.5, 0.6) is 0 Å². The summed E-state index contributed by atoms with van der Waals surface area (Å²) in [6, 6.07) is 0. The van der Waals surface area contributed by atoms with Gasteiger partial charge in [-0.3, -0.25) is 4.68 Å².